The molecule has 1 aliphatic rings. The third kappa shape index (κ3) is 4.55. The highest BCUT2D eigenvalue weighted by molar-refractivity contribution is 7.99. The zero-order valence-electron chi connectivity index (χ0n) is 12.5. The third-order valence-corrected chi connectivity index (χ3v) is 5.21. The smallest absolute Gasteiger partial charge is 0.221 e. The van der Waals surface area contributed by atoms with Crippen LogP contribution >= 0.6 is 11.8 Å². The van der Waals surface area contributed by atoms with Crippen LogP contribution in [0.3, 0.4) is 0 Å². The van der Waals surface area contributed by atoms with E-state index in [1.54, 1.807) is 11.8 Å². The number of carbonyl (C=O) groups excluding carboxylic acids is 1. The summed E-state index contributed by atoms with van der Waals surface area (Å²) < 4.78 is 0. The lowest BCUT2D eigenvalue weighted by Gasteiger charge is -2.29. The molecule has 0 aliphatic heterocycles. The largest absolute Gasteiger partial charge is 0.353 e. The zero-order chi connectivity index (χ0) is 14.4. The van der Waals surface area contributed by atoms with E-state index in [9.17, 15) is 4.79 Å². The van der Waals surface area contributed by atoms with E-state index in [1.807, 2.05) is 0 Å². The Bertz CT molecular complexity index is 412. The summed E-state index contributed by atoms with van der Waals surface area (Å²) in [4.78, 5) is 11.9. The van der Waals surface area contributed by atoms with Gasteiger partial charge in [-0.25, -0.2) is 0 Å². The second-order valence-corrected chi connectivity index (χ2v) is 7.05. The van der Waals surface area contributed by atoms with Gasteiger partial charge in [0.2, 0.25) is 5.91 Å². The fraction of sp³-hybridized carbons (Fsp3) is 0.588. The number of rotatable bonds is 5. The number of benzene rings is 1. The van der Waals surface area contributed by atoms with Crippen molar-refractivity contribution in [3.63, 3.8) is 0 Å². The highest BCUT2D eigenvalue weighted by Crippen LogP contribution is 2.32. The van der Waals surface area contributed by atoms with Crippen molar-refractivity contribution in [2.45, 2.75) is 56.2 Å². The zero-order valence-corrected chi connectivity index (χ0v) is 13.3. The Balaban J connectivity index is 1.76. The van der Waals surface area contributed by atoms with Crippen molar-refractivity contribution in [3.8, 4) is 0 Å². The van der Waals surface area contributed by atoms with Crippen LogP contribution < -0.4 is 5.32 Å². The molecule has 1 aromatic carbocycles. The molecule has 0 bridgehead atoms. The molecule has 1 N–H and O–H groups in total. The molecule has 3 heteroatoms. The van der Waals surface area contributed by atoms with Crippen molar-refractivity contribution in [1.29, 1.82) is 0 Å². The average molecular weight is 291 g/mol. The van der Waals surface area contributed by atoms with Crippen LogP contribution in [0.15, 0.2) is 30.3 Å². The molecule has 1 unspecified atom stereocenters. The Morgan fingerprint density at radius 1 is 1.25 bits per heavy atom. The molecule has 0 heterocycles. The summed E-state index contributed by atoms with van der Waals surface area (Å²) in [5.41, 5.74) is 1.45. The molecule has 0 radical (unpaired) electrons. The molecular formula is C17H25NOS. The lowest BCUT2D eigenvalue weighted by molar-refractivity contribution is -0.121. The maximum Gasteiger partial charge on any atom is 0.221 e. The minimum absolute atomic E-state index is 0.218. The summed E-state index contributed by atoms with van der Waals surface area (Å²) >= 11 is 1.75. The van der Waals surface area contributed by atoms with E-state index >= 15 is 0 Å². The van der Waals surface area contributed by atoms with E-state index in [4.69, 9.17) is 0 Å². The van der Waals surface area contributed by atoms with E-state index in [1.165, 1.54) is 18.4 Å². The van der Waals surface area contributed by atoms with E-state index in [-0.39, 0.29) is 5.91 Å². The number of hydrogen-bond acceptors (Lipinski definition) is 2. The maximum atomic E-state index is 11.9. The summed E-state index contributed by atoms with van der Waals surface area (Å²) in [5.74, 6) is 0.893. The molecule has 1 fully saturated rings. The lowest BCUT2D eigenvalue weighted by atomic mass is 9.82. The van der Waals surface area contributed by atoms with Gasteiger partial charge in [0, 0.05) is 17.7 Å². The first kappa shape index (κ1) is 15.4. The van der Waals surface area contributed by atoms with Gasteiger partial charge in [0.1, 0.15) is 0 Å². The van der Waals surface area contributed by atoms with Crippen LogP contribution in [0.25, 0.3) is 0 Å². The van der Waals surface area contributed by atoms with Crippen LogP contribution in [0.4, 0.5) is 0 Å². The van der Waals surface area contributed by atoms with E-state index in [0.29, 0.717) is 23.6 Å². The molecule has 2 rings (SSSR count). The summed E-state index contributed by atoms with van der Waals surface area (Å²) in [5, 5.41) is 3.62. The number of nitrogens with one attached hydrogen (secondary N) is 1. The van der Waals surface area contributed by atoms with Crippen LogP contribution in [0.5, 0.6) is 0 Å². The predicted molar refractivity (Wildman–Crippen MR) is 87.2 cm³/mol. The monoisotopic (exact) mass is 291 g/mol. The highest BCUT2D eigenvalue weighted by atomic mass is 32.2. The molecule has 0 aromatic heterocycles. The molecule has 0 spiro atoms. The summed E-state index contributed by atoms with van der Waals surface area (Å²) in [6.07, 6.45) is 7.29. The Labute approximate surface area is 126 Å². The third-order valence-electron chi connectivity index (χ3n) is 4.24. The van der Waals surface area contributed by atoms with Gasteiger partial charge < -0.3 is 5.32 Å². The normalized spacial score (nSPS) is 24.1. The molecule has 0 saturated heterocycles. The summed E-state index contributed by atoms with van der Waals surface area (Å²) in [7, 11) is 0. The minimum atomic E-state index is 0.218. The van der Waals surface area contributed by atoms with E-state index < -0.39 is 0 Å². The van der Waals surface area contributed by atoms with Gasteiger partial charge in [0.05, 0.1) is 0 Å². The van der Waals surface area contributed by atoms with Gasteiger partial charge in [-0.3, -0.25) is 4.79 Å². The molecule has 110 valence electrons. The van der Waals surface area contributed by atoms with E-state index in [2.05, 4.69) is 48.8 Å². The molecule has 2 nitrogen and oxygen atoms in total. The predicted octanol–water partition coefficient (Wildman–Crippen LogP) is 3.97. The first-order valence-electron chi connectivity index (χ1n) is 7.56. The Kier molecular flexibility index (Phi) is 5.96. The minimum Gasteiger partial charge on any atom is -0.353 e. The van der Waals surface area contributed by atoms with Gasteiger partial charge in [0.15, 0.2) is 0 Å². The molecule has 1 aromatic rings. The lowest BCUT2D eigenvalue weighted by Crippen LogP contribution is -2.38. The second-order valence-electron chi connectivity index (χ2n) is 5.78. The molecule has 1 saturated carbocycles. The van der Waals surface area contributed by atoms with Crippen molar-refractivity contribution in [1.82, 2.24) is 5.32 Å². The molecule has 20 heavy (non-hydrogen) atoms. The van der Waals surface area contributed by atoms with Crippen molar-refractivity contribution in [2.75, 3.05) is 6.26 Å². The van der Waals surface area contributed by atoms with Crippen LogP contribution in [0, 0.1) is 0 Å². The first-order valence-corrected chi connectivity index (χ1v) is 8.85. The Morgan fingerprint density at radius 3 is 2.50 bits per heavy atom. The van der Waals surface area contributed by atoms with Gasteiger partial charge in [-0.15, -0.1) is 0 Å². The van der Waals surface area contributed by atoms with Crippen molar-refractivity contribution in [3.05, 3.63) is 35.9 Å². The van der Waals surface area contributed by atoms with Gasteiger partial charge >= 0.3 is 0 Å². The van der Waals surface area contributed by atoms with Crippen molar-refractivity contribution < 1.29 is 4.79 Å². The van der Waals surface area contributed by atoms with Gasteiger partial charge in [0.25, 0.3) is 0 Å². The standard InChI is InChI=1S/C17H25NOS/c1-13(20-2)12-17(19)18-16-10-8-15(9-11-16)14-6-4-3-5-7-14/h3-7,13,15-16H,8-12H2,1-2H3,(H,18,19). The van der Waals surface area contributed by atoms with Gasteiger partial charge in [-0.2, -0.15) is 11.8 Å². The van der Waals surface area contributed by atoms with Crippen molar-refractivity contribution >= 4 is 17.7 Å². The summed E-state index contributed by atoms with van der Waals surface area (Å²) in [6, 6.07) is 11.1. The second kappa shape index (κ2) is 7.72. The number of thioether (sulfide) groups is 1. The summed E-state index contributed by atoms with van der Waals surface area (Å²) in [6.45, 7) is 2.11. The fourth-order valence-electron chi connectivity index (χ4n) is 2.93. The SMILES string of the molecule is CSC(C)CC(=O)NC1CCC(c2ccccc2)CC1. The Hall–Kier alpha value is -0.960. The number of amides is 1. The van der Waals surface area contributed by atoms with E-state index in [0.717, 1.165) is 12.8 Å². The number of carbonyl (C=O) groups is 1. The highest BCUT2D eigenvalue weighted by Gasteiger charge is 2.23. The average Bonchev–Trinajstić information content (AvgIpc) is 2.48. The van der Waals surface area contributed by atoms with Crippen LogP contribution in [0.1, 0.15) is 50.5 Å². The van der Waals surface area contributed by atoms with Crippen LogP contribution in [0.2, 0.25) is 0 Å². The number of hydrogen-bond donors (Lipinski definition) is 1. The van der Waals surface area contributed by atoms with Crippen LogP contribution in [-0.2, 0) is 4.79 Å². The Morgan fingerprint density at radius 2 is 1.90 bits per heavy atom. The maximum absolute atomic E-state index is 11.9. The van der Waals surface area contributed by atoms with Gasteiger partial charge in [-0.05, 0) is 43.4 Å². The van der Waals surface area contributed by atoms with Crippen molar-refractivity contribution in [2.24, 2.45) is 0 Å². The molecule has 1 aliphatic carbocycles. The molecule has 1 amide bonds. The quantitative estimate of drug-likeness (QED) is 0.889. The fourth-order valence-corrected chi connectivity index (χ4v) is 3.25. The molecule has 1 atom stereocenters. The topological polar surface area (TPSA) is 29.1 Å². The van der Waals surface area contributed by atoms with Gasteiger partial charge in [-0.1, -0.05) is 37.3 Å². The molecular weight excluding hydrogens is 266 g/mol. The van der Waals surface area contributed by atoms with Crippen LogP contribution in [-0.4, -0.2) is 23.5 Å². The first-order chi connectivity index (χ1) is 9.69.